The van der Waals surface area contributed by atoms with Crippen LogP contribution in [0, 0.1) is 11.6 Å². The number of aryl methyl sites for hydroxylation is 1. The van der Waals surface area contributed by atoms with E-state index in [9.17, 15) is 13.6 Å². The zero-order valence-electron chi connectivity index (χ0n) is 16.0. The van der Waals surface area contributed by atoms with Gasteiger partial charge in [0.15, 0.2) is 11.6 Å². The summed E-state index contributed by atoms with van der Waals surface area (Å²) in [5, 5.41) is 7.09. The van der Waals surface area contributed by atoms with Crippen molar-refractivity contribution in [1.29, 1.82) is 0 Å². The van der Waals surface area contributed by atoms with Crippen LogP contribution in [-0.4, -0.2) is 38.8 Å². The number of amides is 2. The van der Waals surface area contributed by atoms with Crippen molar-refractivity contribution >= 4 is 11.7 Å². The Morgan fingerprint density at radius 2 is 2.10 bits per heavy atom. The first-order valence-corrected chi connectivity index (χ1v) is 9.46. The lowest BCUT2D eigenvalue weighted by atomic mass is 9.90. The first-order valence-electron chi connectivity index (χ1n) is 9.46. The highest BCUT2D eigenvalue weighted by Gasteiger charge is 2.26. The van der Waals surface area contributed by atoms with Crippen molar-refractivity contribution in [2.75, 3.05) is 18.4 Å². The van der Waals surface area contributed by atoms with Crippen molar-refractivity contribution in [2.24, 2.45) is 7.05 Å². The molecule has 1 aliphatic heterocycles. The SMILES string of the molecule is Cn1cc(-c2ncccc2NC(=O)N2CCCC(c3ccc(F)c(F)c3)C2)cn1. The molecule has 0 spiro atoms. The van der Waals surface area contributed by atoms with Gasteiger partial charge in [-0.05, 0) is 42.7 Å². The van der Waals surface area contributed by atoms with Crippen LogP contribution in [0.2, 0.25) is 0 Å². The molecule has 3 aromatic rings. The Bertz CT molecular complexity index is 1040. The molecule has 1 fully saturated rings. The van der Waals surface area contributed by atoms with Gasteiger partial charge in [0.05, 0.1) is 17.6 Å². The van der Waals surface area contributed by atoms with E-state index in [1.165, 1.54) is 6.07 Å². The first kappa shape index (κ1) is 19.0. The highest BCUT2D eigenvalue weighted by Crippen LogP contribution is 2.29. The molecular weight excluding hydrogens is 376 g/mol. The fraction of sp³-hybridized carbons (Fsp3) is 0.286. The molecule has 4 rings (SSSR count). The predicted octanol–water partition coefficient (Wildman–Crippen LogP) is 4.17. The van der Waals surface area contributed by atoms with Gasteiger partial charge in [-0.15, -0.1) is 0 Å². The van der Waals surface area contributed by atoms with Crippen LogP contribution in [0.3, 0.4) is 0 Å². The lowest BCUT2D eigenvalue weighted by molar-refractivity contribution is 0.192. The molecule has 0 bridgehead atoms. The second kappa shape index (κ2) is 7.98. The maximum atomic E-state index is 13.6. The van der Waals surface area contributed by atoms with Gasteiger partial charge in [-0.2, -0.15) is 5.10 Å². The molecular formula is C21H21F2N5O. The molecule has 0 radical (unpaired) electrons. The number of pyridine rings is 1. The van der Waals surface area contributed by atoms with E-state index in [0.717, 1.165) is 24.5 Å². The minimum absolute atomic E-state index is 0.0312. The third-order valence-corrected chi connectivity index (χ3v) is 5.15. The minimum Gasteiger partial charge on any atom is -0.324 e. The summed E-state index contributed by atoms with van der Waals surface area (Å²) < 4.78 is 28.5. The number of halogens is 2. The van der Waals surface area contributed by atoms with Crippen LogP contribution in [0.4, 0.5) is 19.3 Å². The number of nitrogens with one attached hydrogen (secondary N) is 1. The van der Waals surface area contributed by atoms with E-state index in [1.54, 1.807) is 40.2 Å². The zero-order valence-corrected chi connectivity index (χ0v) is 16.0. The summed E-state index contributed by atoms with van der Waals surface area (Å²) in [6.07, 6.45) is 6.80. The largest absolute Gasteiger partial charge is 0.324 e. The summed E-state index contributed by atoms with van der Waals surface area (Å²) in [5.74, 6) is -1.75. The van der Waals surface area contributed by atoms with Crippen LogP contribution in [-0.2, 0) is 7.05 Å². The van der Waals surface area contributed by atoms with Gasteiger partial charge >= 0.3 is 6.03 Å². The number of likely N-dealkylation sites (tertiary alicyclic amines) is 1. The van der Waals surface area contributed by atoms with E-state index < -0.39 is 11.6 Å². The van der Waals surface area contributed by atoms with Crippen LogP contribution < -0.4 is 5.32 Å². The Labute approximate surface area is 167 Å². The Balaban J connectivity index is 1.50. The molecule has 150 valence electrons. The minimum atomic E-state index is -0.862. The Hall–Kier alpha value is -3.29. The maximum Gasteiger partial charge on any atom is 0.321 e. The van der Waals surface area contributed by atoms with Crippen LogP contribution in [0.15, 0.2) is 48.9 Å². The number of rotatable bonds is 3. The van der Waals surface area contributed by atoms with Crippen molar-refractivity contribution in [3.63, 3.8) is 0 Å². The van der Waals surface area contributed by atoms with Gasteiger partial charge in [-0.25, -0.2) is 13.6 Å². The molecule has 2 aromatic heterocycles. The third kappa shape index (κ3) is 4.11. The molecule has 8 heteroatoms. The van der Waals surface area contributed by atoms with E-state index in [-0.39, 0.29) is 11.9 Å². The molecule has 3 heterocycles. The highest BCUT2D eigenvalue weighted by molar-refractivity contribution is 5.93. The molecule has 1 aromatic carbocycles. The van der Waals surface area contributed by atoms with E-state index in [1.807, 2.05) is 13.2 Å². The fourth-order valence-corrected chi connectivity index (χ4v) is 3.67. The number of benzene rings is 1. The van der Waals surface area contributed by atoms with Crippen LogP contribution in [0.5, 0.6) is 0 Å². The summed E-state index contributed by atoms with van der Waals surface area (Å²) in [6.45, 7) is 1.05. The van der Waals surface area contributed by atoms with Gasteiger partial charge in [0, 0.05) is 44.0 Å². The van der Waals surface area contributed by atoms with Crippen LogP contribution >= 0.6 is 0 Å². The Morgan fingerprint density at radius 1 is 1.24 bits per heavy atom. The van der Waals surface area contributed by atoms with Gasteiger partial charge in [0.1, 0.15) is 0 Å². The molecule has 1 saturated heterocycles. The van der Waals surface area contributed by atoms with Crippen LogP contribution in [0.1, 0.15) is 24.3 Å². The average molecular weight is 397 g/mol. The van der Waals surface area contributed by atoms with Gasteiger partial charge < -0.3 is 10.2 Å². The van der Waals surface area contributed by atoms with Gasteiger partial charge in [-0.1, -0.05) is 6.07 Å². The lowest BCUT2D eigenvalue weighted by Crippen LogP contribution is -2.41. The van der Waals surface area contributed by atoms with E-state index in [2.05, 4.69) is 15.4 Å². The summed E-state index contributed by atoms with van der Waals surface area (Å²) in [5.41, 5.74) is 2.75. The maximum absolute atomic E-state index is 13.6. The smallest absolute Gasteiger partial charge is 0.321 e. The number of carbonyl (C=O) groups excluding carboxylic acids is 1. The molecule has 0 aliphatic carbocycles. The summed E-state index contributed by atoms with van der Waals surface area (Å²) in [4.78, 5) is 19.0. The first-order chi connectivity index (χ1) is 14.0. The molecule has 2 amide bonds. The number of hydrogen-bond acceptors (Lipinski definition) is 3. The summed E-state index contributed by atoms with van der Waals surface area (Å²) in [6, 6.07) is 7.27. The number of urea groups is 1. The summed E-state index contributed by atoms with van der Waals surface area (Å²) in [7, 11) is 1.82. The third-order valence-electron chi connectivity index (χ3n) is 5.15. The number of carbonyl (C=O) groups is 1. The number of nitrogens with zero attached hydrogens (tertiary/aromatic N) is 4. The monoisotopic (exact) mass is 397 g/mol. The molecule has 0 saturated carbocycles. The number of piperidine rings is 1. The zero-order chi connectivity index (χ0) is 20.4. The molecule has 29 heavy (non-hydrogen) atoms. The number of hydrogen-bond donors (Lipinski definition) is 1. The van der Waals surface area contributed by atoms with Gasteiger partial charge in [0.2, 0.25) is 0 Å². The molecule has 1 unspecified atom stereocenters. The van der Waals surface area contributed by atoms with Crippen molar-refractivity contribution in [1.82, 2.24) is 19.7 Å². The average Bonchev–Trinajstić information content (AvgIpc) is 3.16. The van der Waals surface area contributed by atoms with Crippen molar-refractivity contribution in [2.45, 2.75) is 18.8 Å². The fourth-order valence-electron chi connectivity index (χ4n) is 3.67. The van der Waals surface area contributed by atoms with Crippen molar-refractivity contribution < 1.29 is 13.6 Å². The number of anilines is 1. The Morgan fingerprint density at radius 3 is 2.86 bits per heavy atom. The molecule has 1 atom stereocenters. The van der Waals surface area contributed by atoms with Gasteiger partial charge in [0.25, 0.3) is 0 Å². The quantitative estimate of drug-likeness (QED) is 0.721. The summed E-state index contributed by atoms with van der Waals surface area (Å²) >= 11 is 0. The van der Waals surface area contributed by atoms with E-state index in [4.69, 9.17) is 0 Å². The molecule has 6 nitrogen and oxygen atoms in total. The van der Waals surface area contributed by atoms with E-state index >= 15 is 0 Å². The van der Waals surface area contributed by atoms with Gasteiger partial charge in [-0.3, -0.25) is 9.67 Å². The molecule has 1 aliphatic rings. The van der Waals surface area contributed by atoms with Crippen molar-refractivity contribution in [3.05, 3.63) is 66.1 Å². The second-order valence-electron chi connectivity index (χ2n) is 7.19. The number of aromatic nitrogens is 3. The standard InChI is InChI=1S/C21H21F2N5O/c1-27-12-16(11-25-27)20-19(5-2-8-24-20)26-21(29)28-9-3-4-15(13-28)14-6-7-17(22)18(23)10-14/h2,5-8,10-12,15H,3-4,9,13H2,1H3,(H,26,29). The van der Waals surface area contributed by atoms with E-state index in [0.29, 0.717) is 30.0 Å². The molecule has 1 N–H and O–H groups in total. The highest BCUT2D eigenvalue weighted by atomic mass is 19.2. The van der Waals surface area contributed by atoms with Crippen LogP contribution in [0.25, 0.3) is 11.3 Å². The van der Waals surface area contributed by atoms with Crippen molar-refractivity contribution in [3.8, 4) is 11.3 Å². The predicted molar refractivity (Wildman–Crippen MR) is 105 cm³/mol. The normalized spacial score (nSPS) is 16.7. The Kier molecular flexibility index (Phi) is 5.24. The topological polar surface area (TPSA) is 63.1 Å². The second-order valence-corrected chi connectivity index (χ2v) is 7.19. The lowest BCUT2D eigenvalue weighted by Gasteiger charge is -2.33.